The van der Waals surface area contributed by atoms with Crippen molar-refractivity contribution in [3.05, 3.63) is 51.7 Å². The molecule has 106 valence electrons. The molecule has 3 heteroatoms. The Balaban J connectivity index is 1.92. The van der Waals surface area contributed by atoms with Crippen molar-refractivity contribution in [1.82, 2.24) is 0 Å². The van der Waals surface area contributed by atoms with Crippen molar-refractivity contribution in [2.24, 2.45) is 0 Å². The van der Waals surface area contributed by atoms with Crippen LogP contribution in [0.25, 0.3) is 0 Å². The van der Waals surface area contributed by atoms with E-state index in [4.69, 9.17) is 4.74 Å². The van der Waals surface area contributed by atoms with Gasteiger partial charge in [-0.15, -0.1) is 11.3 Å². The van der Waals surface area contributed by atoms with Gasteiger partial charge >= 0.3 is 0 Å². The highest BCUT2D eigenvalue weighted by atomic mass is 32.1. The van der Waals surface area contributed by atoms with Gasteiger partial charge in [-0.25, -0.2) is 0 Å². The van der Waals surface area contributed by atoms with E-state index in [0.717, 1.165) is 21.9 Å². The van der Waals surface area contributed by atoms with Gasteiger partial charge in [0.25, 0.3) is 0 Å². The zero-order chi connectivity index (χ0) is 14.5. The summed E-state index contributed by atoms with van der Waals surface area (Å²) in [6.07, 6.45) is 1.12. The molecular formula is C17H20O2S. The molecule has 0 fully saturated rings. The van der Waals surface area contributed by atoms with Crippen molar-refractivity contribution in [1.29, 1.82) is 0 Å². The Morgan fingerprint density at radius 1 is 1.20 bits per heavy atom. The Kier molecular flexibility index (Phi) is 4.96. The molecule has 2 nitrogen and oxygen atoms in total. The minimum Gasteiger partial charge on any atom is -0.485 e. The molecule has 0 radical (unpaired) electrons. The number of Topliss-reactive ketones (excluding diaryl/α,β-unsaturated/α-hetero) is 1. The minimum atomic E-state index is 0.0362. The van der Waals surface area contributed by atoms with Crippen molar-refractivity contribution in [3.8, 4) is 5.75 Å². The Hall–Kier alpha value is -1.61. The molecule has 20 heavy (non-hydrogen) atoms. The maximum absolute atomic E-state index is 11.9. The monoisotopic (exact) mass is 288 g/mol. The lowest BCUT2D eigenvalue weighted by molar-refractivity contribution is 0.0925. The molecule has 0 amide bonds. The van der Waals surface area contributed by atoms with Crippen LogP contribution in [-0.2, 0) is 0 Å². The maximum Gasteiger partial charge on any atom is 0.210 e. The molecule has 0 saturated carbocycles. The van der Waals surface area contributed by atoms with Crippen LogP contribution in [-0.4, -0.2) is 12.4 Å². The molecule has 2 aromatic rings. The highest BCUT2D eigenvalue weighted by molar-refractivity contribution is 7.14. The highest BCUT2D eigenvalue weighted by Gasteiger charge is 2.09. The van der Waals surface area contributed by atoms with Crippen molar-refractivity contribution in [2.75, 3.05) is 6.61 Å². The van der Waals surface area contributed by atoms with Gasteiger partial charge in [-0.3, -0.25) is 4.79 Å². The van der Waals surface area contributed by atoms with E-state index in [0.29, 0.717) is 5.92 Å². The quantitative estimate of drug-likeness (QED) is 0.711. The number of ether oxygens (including phenoxy) is 1. The molecule has 1 heterocycles. The molecule has 0 aliphatic rings. The summed E-state index contributed by atoms with van der Waals surface area (Å²) in [6.45, 7) is 6.48. The van der Waals surface area contributed by atoms with Crippen LogP contribution < -0.4 is 4.74 Å². The summed E-state index contributed by atoms with van der Waals surface area (Å²) in [7, 11) is 0. The van der Waals surface area contributed by atoms with Crippen LogP contribution in [0.4, 0.5) is 0 Å². The second-order valence-corrected chi connectivity index (χ2v) is 6.29. The zero-order valence-corrected chi connectivity index (χ0v) is 13.0. The van der Waals surface area contributed by atoms with Gasteiger partial charge in [0.1, 0.15) is 5.75 Å². The standard InChI is InChI=1S/C17H20O2S/c1-4-12(2)14-6-8-15(9-7-14)19-11-16(18)17-10-5-13(3)20-17/h5-10,12H,4,11H2,1-3H3. The van der Waals surface area contributed by atoms with Gasteiger partial charge in [0.2, 0.25) is 5.78 Å². The summed E-state index contributed by atoms with van der Waals surface area (Å²) in [6, 6.07) is 11.8. The number of rotatable bonds is 6. The lowest BCUT2D eigenvalue weighted by Crippen LogP contribution is -2.10. The number of hydrogen-bond donors (Lipinski definition) is 0. The van der Waals surface area contributed by atoms with Crippen LogP contribution in [0.15, 0.2) is 36.4 Å². The summed E-state index contributed by atoms with van der Waals surface area (Å²) in [4.78, 5) is 13.8. The first-order valence-corrected chi connectivity index (χ1v) is 7.74. The fraction of sp³-hybridized carbons (Fsp3) is 0.353. The lowest BCUT2D eigenvalue weighted by atomic mass is 9.99. The van der Waals surface area contributed by atoms with Crippen LogP contribution in [0.5, 0.6) is 5.75 Å². The zero-order valence-electron chi connectivity index (χ0n) is 12.2. The summed E-state index contributed by atoms with van der Waals surface area (Å²) < 4.78 is 5.56. The molecular weight excluding hydrogens is 268 g/mol. The normalized spacial score (nSPS) is 12.2. The lowest BCUT2D eigenvalue weighted by Gasteiger charge is -2.10. The molecule has 0 spiro atoms. The minimum absolute atomic E-state index is 0.0362. The molecule has 0 saturated heterocycles. The second-order valence-electron chi connectivity index (χ2n) is 5.00. The van der Waals surface area contributed by atoms with Crippen LogP contribution in [0.3, 0.4) is 0 Å². The van der Waals surface area contributed by atoms with Crippen molar-refractivity contribution >= 4 is 17.1 Å². The molecule has 0 aliphatic carbocycles. The Morgan fingerprint density at radius 2 is 1.90 bits per heavy atom. The number of carbonyl (C=O) groups is 1. The predicted molar refractivity (Wildman–Crippen MR) is 84.0 cm³/mol. The third-order valence-electron chi connectivity index (χ3n) is 3.45. The van der Waals surface area contributed by atoms with Gasteiger partial charge in [0.05, 0.1) is 4.88 Å². The van der Waals surface area contributed by atoms with Crippen LogP contribution >= 0.6 is 11.3 Å². The first kappa shape index (κ1) is 14.8. The SMILES string of the molecule is CCC(C)c1ccc(OCC(=O)c2ccc(C)s2)cc1. The average Bonchev–Trinajstić information content (AvgIpc) is 2.91. The van der Waals surface area contributed by atoms with E-state index in [1.807, 2.05) is 31.2 Å². The molecule has 0 aliphatic heterocycles. The Bertz CT molecular complexity index is 569. The fourth-order valence-electron chi connectivity index (χ4n) is 1.93. The highest BCUT2D eigenvalue weighted by Crippen LogP contribution is 2.22. The topological polar surface area (TPSA) is 26.3 Å². The van der Waals surface area contributed by atoms with Gasteiger partial charge in [-0.1, -0.05) is 26.0 Å². The number of ketones is 1. The predicted octanol–water partition coefficient (Wildman–Crippen LogP) is 4.83. The third-order valence-corrected chi connectivity index (χ3v) is 4.49. The molecule has 1 aromatic carbocycles. The molecule has 1 aromatic heterocycles. The summed E-state index contributed by atoms with van der Waals surface area (Å²) in [5.74, 6) is 1.34. The first-order chi connectivity index (χ1) is 9.60. The van der Waals surface area contributed by atoms with Crippen LogP contribution in [0, 0.1) is 6.92 Å². The Labute approximate surface area is 124 Å². The van der Waals surface area contributed by atoms with E-state index < -0.39 is 0 Å². The number of aryl methyl sites for hydroxylation is 1. The summed E-state index contributed by atoms with van der Waals surface area (Å²) in [5, 5.41) is 0. The van der Waals surface area contributed by atoms with E-state index in [-0.39, 0.29) is 12.4 Å². The van der Waals surface area contributed by atoms with Gasteiger partial charge in [0, 0.05) is 4.88 Å². The smallest absolute Gasteiger partial charge is 0.210 e. The number of thiophene rings is 1. The third kappa shape index (κ3) is 3.70. The maximum atomic E-state index is 11.9. The van der Waals surface area contributed by atoms with E-state index in [2.05, 4.69) is 26.0 Å². The average molecular weight is 288 g/mol. The van der Waals surface area contributed by atoms with Gasteiger partial charge in [-0.2, -0.15) is 0 Å². The number of benzene rings is 1. The van der Waals surface area contributed by atoms with Crippen molar-refractivity contribution in [2.45, 2.75) is 33.1 Å². The van der Waals surface area contributed by atoms with E-state index in [1.165, 1.54) is 16.9 Å². The van der Waals surface area contributed by atoms with Crippen molar-refractivity contribution in [3.63, 3.8) is 0 Å². The fourth-order valence-corrected chi connectivity index (χ4v) is 2.72. The molecule has 1 unspecified atom stereocenters. The van der Waals surface area contributed by atoms with Gasteiger partial charge in [-0.05, 0) is 49.1 Å². The van der Waals surface area contributed by atoms with E-state index in [1.54, 1.807) is 0 Å². The molecule has 0 bridgehead atoms. The van der Waals surface area contributed by atoms with Crippen molar-refractivity contribution < 1.29 is 9.53 Å². The summed E-state index contributed by atoms with van der Waals surface area (Å²) in [5.41, 5.74) is 1.31. The number of hydrogen-bond acceptors (Lipinski definition) is 3. The van der Waals surface area contributed by atoms with Crippen LogP contribution in [0.1, 0.15) is 46.3 Å². The van der Waals surface area contributed by atoms with E-state index >= 15 is 0 Å². The molecule has 2 rings (SSSR count). The number of carbonyl (C=O) groups excluding carboxylic acids is 1. The second kappa shape index (κ2) is 6.71. The largest absolute Gasteiger partial charge is 0.485 e. The van der Waals surface area contributed by atoms with Gasteiger partial charge < -0.3 is 4.74 Å². The molecule has 1 atom stereocenters. The van der Waals surface area contributed by atoms with E-state index in [9.17, 15) is 4.79 Å². The van der Waals surface area contributed by atoms with Crippen LogP contribution in [0.2, 0.25) is 0 Å². The first-order valence-electron chi connectivity index (χ1n) is 6.92. The Morgan fingerprint density at radius 3 is 2.45 bits per heavy atom. The molecule has 0 N–H and O–H groups in total. The summed E-state index contributed by atoms with van der Waals surface area (Å²) >= 11 is 1.51. The van der Waals surface area contributed by atoms with Gasteiger partial charge in [0.15, 0.2) is 6.61 Å².